The van der Waals surface area contributed by atoms with E-state index < -0.39 is 12.1 Å². The van der Waals surface area contributed by atoms with E-state index in [0.717, 1.165) is 5.56 Å². The van der Waals surface area contributed by atoms with Crippen LogP contribution in [0.1, 0.15) is 39.3 Å². The lowest BCUT2D eigenvalue weighted by Gasteiger charge is -2.23. The first-order valence-corrected chi connectivity index (χ1v) is 7.24. The molecular formula is C16H24N2O3. The Kier molecular flexibility index (Phi) is 6.72. The molecule has 0 aliphatic heterocycles. The van der Waals surface area contributed by atoms with Gasteiger partial charge in [0.15, 0.2) is 0 Å². The second kappa shape index (κ2) is 8.29. The summed E-state index contributed by atoms with van der Waals surface area (Å²) in [7, 11) is 0. The van der Waals surface area contributed by atoms with Crippen LogP contribution in [0.2, 0.25) is 0 Å². The van der Waals surface area contributed by atoms with Crippen LogP contribution >= 0.6 is 0 Å². The third kappa shape index (κ3) is 5.45. The molecule has 0 spiro atoms. The van der Waals surface area contributed by atoms with Crippen LogP contribution in [-0.4, -0.2) is 24.6 Å². The van der Waals surface area contributed by atoms with Gasteiger partial charge in [-0.15, -0.1) is 0 Å². The molecular weight excluding hydrogens is 268 g/mol. The van der Waals surface area contributed by atoms with Gasteiger partial charge in [-0.2, -0.15) is 0 Å². The van der Waals surface area contributed by atoms with E-state index in [1.165, 1.54) is 0 Å². The maximum atomic E-state index is 12.3. The first-order valence-electron chi connectivity index (χ1n) is 7.24. The minimum atomic E-state index is -0.616. The maximum absolute atomic E-state index is 12.3. The Morgan fingerprint density at radius 3 is 2.24 bits per heavy atom. The van der Waals surface area contributed by atoms with Crippen molar-refractivity contribution in [2.24, 2.45) is 5.92 Å². The molecule has 0 aliphatic carbocycles. The van der Waals surface area contributed by atoms with Crippen LogP contribution in [0.3, 0.4) is 0 Å². The van der Waals surface area contributed by atoms with Crippen molar-refractivity contribution in [1.29, 1.82) is 0 Å². The summed E-state index contributed by atoms with van der Waals surface area (Å²) < 4.78 is 4.83. The highest BCUT2D eigenvalue weighted by atomic mass is 16.5. The van der Waals surface area contributed by atoms with Crippen LogP contribution in [0, 0.1) is 5.92 Å². The second-order valence-corrected chi connectivity index (χ2v) is 5.23. The average Bonchev–Trinajstić information content (AvgIpc) is 2.45. The number of alkyl carbamates (subject to hydrolysis) is 1. The summed E-state index contributed by atoms with van der Waals surface area (Å²) in [5, 5.41) is 5.52. The van der Waals surface area contributed by atoms with E-state index in [2.05, 4.69) is 10.6 Å². The van der Waals surface area contributed by atoms with Crippen molar-refractivity contribution in [2.45, 2.75) is 39.8 Å². The fourth-order valence-electron chi connectivity index (χ4n) is 1.96. The van der Waals surface area contributed by atoms with Gasteiger partial charge in [-0.05, 0) is 25.3 Å². The molecule has 5 nitrogen and oxygen atoms in total. The molecule has 0 saturated carbocycles. The summed E-state index contributed by atoms with van der Waals surface area (Å²) in [4.78, 5) is 23.8. The second-order valence-electron chi connectivity index (χ2n) is 5.23. The molecule has 2 atom stereocenters. The number of amides is 2. The van der Waals surface area contributed by atoms with Crippen LogP contribution in [0.5, 0.6) is 0 Å². The highest BCUT2D eigenvalue weighted by molar-refractivity contribution is 5.86. The number of nitrogens with one attached hydrogen (secondary N) is 2. The van der Waals surface area contributed by atoms with Crippen LogP contribution in [-0.2, 0) is 9.53 Å². The van der Waals surface area contributed by atoms with Gasteiger partial charge in [0, 0.05) is 0 Å². The van der Waals surface area contributed by atoms with Gasteiger partial charge in [0.25, 0.3) is 0 Å². The smallest absolute Gasteiger partial charge is 0.407 e. The molecule has 2 amide bonds. The Bertz CT molecular complexity index is 460. The number of carbonyl (C=O) groups is 2. The Morgan fingerprint density at radius 2 is 1.71 bits per heavy atom. The number of hydrogen-bond donors (Lipinski definition) is 2. The van der Waals surface area contributed by atoms with Crippen molar-refractivity contribution in [1.82, 2.24) is 10.6 Å². The minimum absolute atomic E-state index is 0.0302. The van der Waals surface area contributed by atoms with Gasteiger partial charge in [0.05, 0.1) is 12.6 Å². The summed E-state index contributed by atoms with van der Waals surface area (Å²) >= 11 is 0. The Morgan fingerprint density at radius 1 is 1.10 bits per heavy atom. The summed E-state index contributed by atoms with van der Waals surface area (Å²) in [5.74, 6) is -0.244. The highest BCUT2D eigenvalue weighted by Crippen LogP contribution is 2.12. The molecule has 1 aromatic carbocycles. The SMILES string of the molecule is CCOC(=O)N[C@H](C(=O)N[C@@H](C)c1ccccc1)C(C)C. The van der Waals surface area contributed by atoms with E-state index in [1.54, 1.807) is 6.92 Å². The van der Waals surface area contributed by atoms with Gasteiger partial charge in [-0.1, -0.05) is 44.2 Å². The molecule has 0 heterocycles. The Hall–Kier alpha value is -2.04. The molecule has 21 heavy (non-hydrogen) atoms. The number of carbonyl (C=O) groups excluding carboxylic acids is 2. The summed E-state index contributed by atoms with van der Waals surface area (Å²) in [6.07, 6.45) is -0.571. The number of hydrogen-bond acceptors (Lipinski definition) is 3. The zero-order valence-corrected chi connectivity index (χ0v) is 13.1. The molecule has 0 radical (unpaired) electrons. The molecule has 0 unspecified atom stereocenters. The monoisotopic (exact) mass is 292 g/mol. The number of ether oxygens (including phenoxy) is 1. The Balaban J connectivity index is 2.67. The van der Waals surface area contributed by atoms with Crippen LogP contribution in [0.25, 0.3) is 0 Å². The highest BCUT2D eigenvalue weighted by Gasteiger charge is 2.25. The average molecular weight is 292 g/mol. The lowest BCUT2D eigenvalue weighted by Crippen LogP contribution is -2.50. The van der Waals surface area contributed by atoms with Gasteiger partial charge in [-0.3, -0.25) is 4.79 Å². The zero-order chi connectivity index (χ0) is 15.8. The van der Waals surface area contributed by atoms with Gasteiger partial charge in [0.2, 0.25) is 5.91 Å². The van der Waals surface area contributed by atoms with Gasteiger partial charge in [0.1, 0.15) is 6.04 Å². The predicted octanol–water partition coefficient (Wildman–Crippen LogP) is 2.63. The van der Waals surface area contributed by atoms with Crippen molar-refractivity contribution in [3.63, 3.8) is 0 Å². The van der Waals surface area contributed by atoms with Crippen molar-refractivity contribution in [2.75, 3.05) is 6.61 Å². The fourth-order valence-corrected chi connectivity index (χ4v) is 1.96. The largest absolute Gasteiger partial charge is 0.450 e. The molecule has 0 aliphatic rings. The van der Waals surface area contributed by atoms with E-state index >= 15 is 0 Å². The van der Waals surface area contributed by atoms with E-state index in [9.17, 15) is 9.59 Å². The standard InChI is InChI=1S/C16H24N2O3/c1-5-21-16(20)18-14(11(2)3)15(19)17-12(4)13-9-7-6-8-10-13/h6-12,14H,5H2,1-4H3,(H,17,19)(H,18,20)/t12-,14-/m0/s1. The third-order valence-corrected chi connectivity index (χ3v) is 3.16. The lowest BCUT2D eigenvalue weighted by atomic mass is 10.0. The Labute approximate surface area is 126 Å². The molecule has 2 N–H and O–H groups in total. The van der Waals surface area contributed by atoms with Crippen molar-refractivity contribution >= 4 is 12.0 Å². The van der Waals surface area contributed by atoms with Crippen LogP contribution < -0.4 is 10.6 Å². The molecule has 5 heteroatoms. The van der Waals surface area contributed by atoms with Crippen molar-refractivity contribution in [3.05, 3.63) is 35.9 Å². The molecule has 0 saturated heterocycles. The van der Waals surface area contributed by atoms with Crippen molar-refractivity contribution < 1.29 is 14.3 Å². The summed E-state index contributed by atoms with van der Waals surface area (Å²) in [5.41, 5.74) is 1.02. The quantitative estimate of drug-likeness (QED) is 0.847. The molecule has 0 bridgehead atoms. The molecule has 0 aromatic heterocycles. The minimum Gasteiger partial charge on any atom is -0.450 e. The topological polar surface area (TPSA) is 67.4 Å². The van der Waals surface area contributed by atoms with E-state index in [0.29, 0.717) is 0 Å². The van der Waals surface area contributed by atoms with Crippen molar-refractivity contribution in [3.8, 4) is 0 Å². The zero-order valence-electron chi connectivity index (χ0n) is 13.1. The molecule has 0 fully saturated rings. The first-order chi connectivity index (χ1) is 9.95. The summed E-state index contributed by atoms with van der Waals surface area (Å²) in [6.45, 7) is 7.67. The molecule has 1 rings (SSSR count). The first kappa shape index (κ1) is 17.0. The summed E-state index contributed by atoms with van der Waals surface area (Å²) in [6, 6.07) is 8.95. The van der Waals surface area contributed by atoms with Gasteiger partial charge >= 0.3 is 6.09 Å². The maximum Gasteiger partial charge on any atom is 0.407 e. The number of rotatable bonds is 6. The van der Waals surface area contributed by atoms with E-state index in [1.807, 2.05) is 51.1 Å². The lowest BCUT2D eigenvalue weighted by molar-refractivity contribution is -0.124. The molecule has 1 aromatic rings. The third-order valence-electron chi connectivity index (χ3n) is 3.16. The van der Waals surface area contributed by atoms with Crippen LogP contribution in [0.15, 0.2) is 30.3 Å². The fraction of sp³-hybridized carbons (Fsp3) is 0.500. The van der Waals surface area contributed by atoms with Gasteiger partial charge < -0.3 is 15.4 Å². The van der Waals surface area contributed by atoms with Crippen LogP contribution in [0.4, 0.5) is 4.79 Å². The normalized spacial score (nSPS) is 13.4. The number of benzene rings is 1. The van der Waals surface area contributed by atoms with E-state index in [-0.39, 0.29) is 24.5 Å². The predicted molar refractivity (Wildman–Crippen MR) is 81.8 cm³/mol. The molecule has 116 valence electrons. The van der Waals surface area contributed by atoms with Gasteiger partial charge in [-0.25, -0.2) is 4.79 Å². The van der Waals surface area contributed by atoms with E-state index in [4.69, 9.17) is 4.74 Å².